The molecule has 0 saturated heterocycles. The molecule has 1 atom stereocenters. The largest absolute Gasteiger partial charge is 0.387 e. The van der Waals surface area contributed by atoms with E-state index in [9.17, 15) is 5.11 Å². The number of nitrogens with one attached hydrogen (secondary N) is 2. The minimum atomic E-state index is -0.440. The van der Waals surface area contributed by atoms with Gasteiger partial charge in [0.2, 0.25) is 0 Å². The Morgan fingerprint density at radius 3 is 2.10 bits per heavy atom. The highest BCUT2D eigenvalue weighted by Crippen LogP contribution is 2.10. The molecule has 106 valence electrons. The van der Waals surface area contributed by atoms with E-state index in [-0.39, 0.29) is 0 Å². The van der Waals surface area contributed by atoms with E-state index in [0.29, 0.717) is 6.54 Å². The molecule has 2 rings (SSSR count). The molecule has 0 fully saturated rings. The first-order valence-electron chi connectivity index (χ1n) is 7.04. The first kappa shape index (κ1) is 14.7. The van der Waals surface area contributed by atoms with E-state index in [1.54, 1.807) is 0 Å². The molecule has 3 N–H and O–H groups in total. The van der Waals surface area contributed by atoms with E-state index in [1.165, 1.54) is 5.56 Å². The van der Waals surface area contributed by atoms with Crippen LogP contribution in [0.25, 0.3) is 0 Å². The van der Waals surface area contributed by atoms with Crippen molar-refractivity contribution < 1.29 is 5.11 Å². The minimum absolute atomic E-state index is 0.440. The zero-order valence-electron chi connectivity index (χ0n) is 11.6. The lowest BCUT2D eigenvalue weighted by atomic mass is 10.1. The second-order valence-corrected chi connectivity index (χ2v) is 4.79. The smallest absolute Gasteiger partial charge is 0.0914 e. The fraction of sp³-hybridized carbons (Fsp3) is 0.294. The topological polar surface area (TPSA) is 44.3 Å². The third-order valence-electron chi connectivity index (χ3n) is 3.17. The van der Waals surface area contributed by atoms with Gasteiger partial charge < -0.3 is 15.7 Å². The maximum atomic E-state index is 9.97. The third kappa shape index (κ3) is 5.13. The maximum absolute atomic E-state index is 9.97. The highest BCUT2D eigenvalue weighted by molar-refractivity contribution is 5.17. The number of benzene rings is 2. The summed E-state index contributed by atoms with van der Waals surface area (Å²) in [6, 6.07) is 20.1. The van der Waals surface area contributed by atoms with Crippen LogP contribution in [0.5, 0.6) is 0 Å². The zero-order chi connectivity index (χ0) is 14.0. The van der Waals surface area contributed by atoms with Gasteiger partial charge in [-0.2, -0.15) is 0 Å². The number of aliphatic hydroxyl groups excluding tert-OH is 1. The van der Waals surface area contributed by atoms with Gasteiger partial charge >= 0.3 is 0 Å². The van der Waals surface area contributed by atoms with Gasteiger partial charge in [-0.25, -0.2) is 0 Å². The highest BCUT2D eigenvalue weighted by atomic mass is 16.3. The van der Waals surface area contributed by atoms with Gasteiger partial charge in [-0.15, -0.1) is 0 Å². The van der Waals surface area contributed by atoms with Crippen molar-refractivity contribution in [1.82, 2.24) is 10.6 Å². The van der Waals surface area contributed by atoms with E-state index >= 15 is 0 Å². The summed E-state index contributed by atoms with van der Waals surface area (Å²) in [5, 5.41) is 16.6. The van der Waals surface area contributed by atoms with Crippen LogP contribution >= 0.6 is 0 Å². The SMILES string of the molecule is O[C@@H](CNCCNCc1ccccc1)c1ccccc1. The molecule has 0 aliphatic rings. The molecule has 2 aromatic rings. The molecule has 20 heavy (non-hydrogen) atoms. The van der Waals surface area contributed by atoms with Gasteiger partial charge in [-0.05, 0) is 11.1 Å². The molecule has 0 aliphatic heterocycles. The van der Waals surface area contributed by atoms with Crippen molar-refractivity contribution in [2.45, 2.75) is 12.6 Å². The van der Waals surface area contributed by atoms with E-state index in [4.69, 9.17) is 0 Å². The summed E-state index contributed by atoms with van der Waals surface area (Å²) >= 11 is 0. The van der Waals surface area contributed by atoms with Crippen LogP contribution in [-0.2, 0) is 6.54 Å². The molecule has 0 aromatic heterocycles. The fourth-order valence-corrected chi connectivity index (χ4v) is 2.04. The van der Waals surface area contributed by atoms with Crippen LogP contribution < -0.4 is 10.6 Å². The second-order valence-electron chi connectivity index (χ2n) is 4.79. The Labute approximate surface area is 120 Å². The van der Waals surface area contributed by atoms with Gasteiger partial charge in [0.1, 0.15) is 0 Å². The summed E-state index contributed by atoms with van der Waals surface area (Å²) < 4.78 is 0. The quantitative estimate of drug-likeness (QED) is 0.644. The normalized spacial score (nSPS) is 12.2. The van der Waals surface area contributed by atoms with Crippen molar-refractivity contribution in [1.29, 1.82) is 0 Å². The summed E-state index contributed by atoms with van der Waals surface area (Å²) in [6.07, 6.45) is -0.440. The molecule has 0 spiro atoms. The Morgan fingerprint density at radius 1 is 0.800 bits per heavy atom. The number of aliphatic hydroxyl groups is 1. The Hall–Kier alpha value is -1.68. The fourth-order valence-electron chi connectivity index (χ4n) is 2.04. The molecular formula is C17H22N2O. The van der Waals surface area contributed by atoms with Crippen molar-refractivity contribution in [3.05, 3.63) is 71.8 Å². The molecule has 0 bridgehead atoms. The lowest BCUT2D eigenvalue weighted by molar-refractivity contribution is 0.175. The zero-order valence-corrected chi connectivity index (χ0v) is 11.6. The predicted octanol–water partition coefficient (Wildman–Crippen LogP) is 2.10. The summed E-state index contributed by atoms with van der Waals surface area (Å²) in [5.41, 5.74) is 2.24. The van der Waals surface area contributed by atoms with Crippen molar-refractivity contribution in [2.75, 3.05) is 19.6 Å². The van der Waals surface area contributed by atoms with Gasteiger partial charge in [0, 0.05) is 26.2 Å². The molecule has 0 amide bonds. The van der Waals surface area contributed by atoms with Crippen molar-refractivity contribution in [2.24, 2.45) is 0 Å². The predicted molar refractivity (Wildman–Crippen MR) is 82.4 cm³/mol. The molecule has 0 heterocycles. The third-order valence-corrected chi connectivity index (χ3v) is 3.17. The highest BCUT2D eigenvalue weighted by Gasteiger charge is 2.04. The number of rotatable bonds is 8. The van der Waals surface area contributed by atoms with Gasteiger partial charge in [-0.1, -0.05) is 60.7 Å². The van der Waals surface area contributed by atoms with Crippen LogP contribution in [0.15, 0.2) is 60.7 Å². The van der Waals surface area contributed by atoms with Crippen LogP contribution in [-0.4, -0.2) is 24.7 Å². The molecule has 3 heteroatoms. The van der Waals surface area contributed by atoms with E-state index in [2.05, 4.69) is 22.8 Å². The molecule has 0 radical (unpaired) electrons. The van der Waals surface area contributed by atoms with Gasteiger partial charge in [0.25, 0.3) is 0 Å². The van der Waals surface area contributed by atoms with Gasteiger partial charge in [0.15, 0.2) is 0 Å². The maximum Gasteiger partial charge on any atom is 0.0914 e. The minimum Gasteiger partial charge on any atom is -0.387 e. The summed E-state index contributed by atoms with van der Waals surface area (Å²) in [4.78, 5) is 0. The first-order chi connectivity index (χ1) is 9.86. The average molecular weight is 270 g/mol. The summed E-state index contributed by atoms with van der Waals surface area (Å²) in [5.74, 6) is 0. The van der Waals surface area contributed by atoms with Crippen LogP contribution in [0, 0.1) is 0 Å². The Bertz CT molecular complexity index is 473. The van der Waals surface area contributed by atoms with Crippen LogP contribution in [0.1, 0.15) is 17.2 Å². The lowest BCUT2D eigenvalue weighted by Crippen LogP contribution is -2.30. The molecule has 2 aromatic carbocycles. The van der Waals surface area contributed by atoms with Crippen molar-refractivity contribution in [3.63, 3.8) is 0 Å². The van der Waals surface area contributed by atoms with Gasteiger partial charge in [0.05, 0.1) is 6.10 Å². The second kappa shape index (κ2) is 8.48. The van der Waals surface area contributed by atoms with Crippen molar-refractivity contribution in [3.8, 4) is 0 Å². The summed E-state index contributed by atoms with van der Waals surface area (Å²) in [6.45, 7) is 3.19. The molecule has 0 unspecified atom stereocenters. The van der Waals surface area contributed by atoms with Crippen LogP contribution in [0.2, 0.25) is 0 Å². The Kier molecular flexibility index (Phi) is 6.24. The van der Waals surface area contributed by atoms with Gasteiger partial charge in [-0.3, -0.25) is 0 Å². The molecule has 0 saturated carbocycles. The average Bonchev–Trinajstić information content (AvgIpc) is 2.52. The Morgan fingerprint density at radius 2 is 1.40 bits per heavy atom. The van der Waals surface area contributed by atoms with E-state index in [0.717, 1.165) is 25.2 Å². The van der Waals surface area contributed by atoms with E-state index in [1.807, 2.05) is 48.5 Å². The first-order valence-corrected chi connectivity index (χ1v) is 7.04. The molecule has 0 aliphatic carbocycles. The standard InChI is InChI=1S/C17H22N2O/c20-17(16-9-5-2-6-10-16)14-19-12-11-18-13-15-7-3-1-4-8-15/h1-10,17-20H,11-14H2/t17-/m0/s1. The Balaban J connectivity index is 1.56. The van der Waals surface area contributed by atoms with Crippen LogP contribution in [0.3, 0.4) is 0 Å². The lowest BCUT2D eigenvalue weighted by Gasteiger charge is -2.12. The summed E-state index contributed by atoms with van der Waals surface area (Å²) in [7, 11) is 0. The number of hydrogen-bond donors (Lipinski definition) is 3. The molecule has 3 nitrogen and oxygen atoms in total. The van der Waals surface area contributed by atoms with Crippen molar-refractivity contribution >= 4 is 0 Å². The monoisotopic (exact) mass is 270 g/mol. The molecular weight excluding hydrogens is 248 g/mol. The van der Waals surface area contributed by atoms with Crippen LogP contribution in [0.4, 0.5) is 0 Å². The van der Waals surface area contributed by atoms with E-state index < -0.39 is 6.10 Å². The number of hydrogen-bond acceptors (Lipinski definition) is 3.